The Bertz CT molecular complexity index is 611. The van der Waals surface area contributed by atoms with Crippen LogP contribution >= 0.6 is 0 Å². The van der Waals surface area contributed by atoms with E-state index in [0.29, 0.717) is 11.1 Å². The van der Waals surface area contributed by atoms with Crippen LogP contribution in [0, 0.1) is 17.5 Å². The largest absolute Gasteiger partial charge is 0.352 e. The summed E-state index contributed by atoms with van der Waals surface area (Å²) in [6, 6.07) is 8.42. The lowest BCUT2D eigenvalue weighted by molar-refractivity contribution is 0.0954. The van der Waals surface area contributed by atoms with Crippen molar-refractivity contribution >= 4 is 5.91 Å². The van der Waals surface area contributed by atoms with Gasteiger partial charge in [0.15, 0.2) is 0 Å². The van der Waals surface area contributed by atoms with Crippen molar-refractivity contribution in [2.75, 3.05) is 6.54 Å². The van der Waals surface area contributed by atoms with Crippen LogP contribution in [-0.4, -0.2) is 12.5 Å². The van der Waals surface area contributed by atoms with Gasteiger partial charge in [0.1, 0.15) is 17.5 Å². The molecule has 0 bridgehead atoms. The van der Waals surface area contributed by atoms with E-state index in [0.717, 1.165) is 6.07 Å². The molecule has 0 aliphatic rings. The van der Waals surface area contributed by atoms with Crippen molar-refractivity contribution in [1.29, 1.82) is 0 Å². The second-order valence-corrected chi connectivity index (χ2v) is 4.25. The maximum atomic E-state index is 13.3. The number of benzene rings is 2. The van der Waals surface area contributed by atoms with Crippen LogP contribution in [0.1, 0.15) is 15.9 Å². The SMILES string of the molecule is O=C(NCCc1ccc(F)cc1F)c1ccc(F)cc1. The van der Waals surface area contributed by atoms with E-state index >= 15 is 0 Å². The fourth-order valence-electron chi connectivity index (χ4n) is 1.74. The molecule has 0 spiro atoms. The van der Waals surface area contributed by atoms with Gasteiger partial charge in [-0.3, -0.25) is 4.79 Å². The fourth-order valence-corrected chi connectivity index (χ4v) is 1.74. The lowest BCUT2D eigenvalue weighted by atomic mass is 10.1. The highest BCUT2D eigenvalue weighted by Crippen LogP contribution is 2.10. The average molecular weight is 279 g/mol. The molecule has 0 fully saturated rings. The van der Waals surface area contributed by atoms with Gasteiger partial charge < -0.3 is 5.32 Å². The van der Waals surface area contributed by atoms with Crippen LogP contribution in [0.15, 0.2) is 42.5 Å². The van der Waals surface area contributed by atoms with E-state index in [1.165, 1.54) is 36.4 Å². The predicted molar refractivity (Wildman–Crippen MR) is 68.8 cm³/mol. The van der Waals surface area contributed by atoms with Crippen LogP contribution in [0.25, 0.3) is 0 Å². The van der Waals surface area contributed by atoms with Crippen LogP contribution in [0.3, 0.4) is 0 Å². The summed E-state index contributed by atoms with van der Waals surface area (Å²) in [5.74, 6) is -2.06. The Kier molecular flexibility index (Phi) is 4.40. The van der Waals surface area contributed by atoms with Gasteiger partial charge in [0.25, 0.3) is 5.91 Å². The van der Waals surface area contributed by atoms with Gasteiger partial charge in [0.05, 0.1) is 0 Å². The third kappa shape index (κ3) is 3.60. The van der Waals surface area contributed by atoms with Crippen molar-refractivity contribution in [2.24, 2.45) is 0 Å². The minimum absolute atomic E-state index is 0.207. The van der Waals surface area contributed by atoms with Gasteiger partial charge in [-0.15, -0.1) is 0 Å². The monoisotopic (exact) mass is 279 g/mol. The smallest absolute Gasteiger partial charge is 0.251 e. The van der Waals surface area contributed by atoms with Crippen LogP contribution in [0.4, 0.5) is 13.2 Å². The summed E-state index contributed by atoms with van der Waals surface area (Å²) in [5.41, 5.74) is 0.650. The quantitative estimate of drug-likeness (QED) is 0.915. The topological polar surface area (TPSA) is 29.1 Å². The Hall–Kier alpha value is -2.30. The molecule has 20 heavy (non-hydrogen) atoms. The van der Waals surface area contributed by atoms with Gasteiger partial charge >= 0.3 is 0 Å². The van der Waals surface area contributed by atoms with E-state index in [-0.39, 0.29) is 18.9 Å². The molecule has 0 saturated carbocycles. The van der Waals surface area contributed by atoms with Crippen molar-refractivity contribution in [1.82, 2.24) is 5.32 Å². The second-order valence-electron chi connectivity index (χ2n) is 4.25. The van der Waals surface area contributed by atoms with Crippen molar-refractivity contribution in [3.05, 3.63) is 71.0 Å². The van der Waals surface area contributed by atoms with Crippen molar-refractivity contribution in [3.8, 4) is 0 Å². The zero-order valence-corrected chi connectivity index (χ0v) is 10.5. The first-order valence-corrected chi connectivity index (χ1v) is 6.04. The van der Waals surface area contributed by atoms with Crippen LogP contribution in [0.2, 0.25) is 0 Å². The number of rotatable bonds is 4. The van der Waals surface area contributed by atoms with Crippen LogP contribution in [0.5, 0.6) is 0 Å². The second kappa shape index (κ2) is 6.23. The molecule has 2 nitrogen and oxygen atoms in total. The number of nitrogens with one attached hydrogen (secondary N) is 1. The molecule has 2 aromatic rings. The van der Waals surface area contributed by atoms with E-state index in [1.807, 2.05) is 0 Å². The van der Waals surface area contributed by atoms with Gasteiger partial charge in [0, 0.05) is 18.2 Å². The summed E-state index contributed by atoms with van der Waals surface area (Å²) in [6.45, 7) is 0.207. The summed E-state index contributed by atoms with van der Waals surface area (Å²) in [6.07, 6.45) is 0.249. The van der Waals surface area contributed by atoms with Gasteiger partial charge in [-0.05, 0) is 42.3 Å². The normalized spacial score (nSPS) is 10.3. The first-order valence-electron chi connectivity index (χ1n) is 6.04. The zero-order chi connectivity index (χ0) is 14.5. The Morgan fingerprint density at radius 1 is 0.950 bits per heavy atom. The minimum Gasteiger partial charge on any atom is -0.352 e. The first-order chi connectivity index (χ1) is 9.56. The maximum Gasteiger partial charge on any atom is 0.251 e. The van der Waals surface area contributed by atoms with Crippen molar-refractivity contribution in [2.45, 2.75) is 6.42 Å². The molecule has 1 amide bonds. The molecule has 0 atom stereocenters. The predicted octanol–water partition coefficient (Wildman–Crippen LogP) is 3.08. The molecular weight excluding hydrogens is 267 g/mol. The van der Waals surface area contributed by atoms with Crippen LogP contribution in [-0.2, 0) is 6.42 Å². The maximum absolute atomic E-state index is 13.3. The van der Waals surface area contributed by atoms with Crippen molar-refractivity contribution < 1.29 is 18.0 Å². The molecule has 0 aliphatic heterocycles. The summed E-state index contributed by atoms with van der Waals surface area (Å²) in [4.78, 5) is 11.7. The highest BCUT2D eigenvalue weighted by atomic mass is 19.1. The zero-order valence-electron chi connectivity index (χ0n) is 10.5. The van der Waals surface area contributed by atoms with E-state index in [1.54, 1.807) is 0 Å². The number of carbonyl (C=O) groups excluding carboxylic acids is 1. The van der Waals surface area contributed by atoms with Gasteiger partial charge in [-0.1, -0.05) is 6.07 Å². The highest BCUT2D eigenvalue weighted by Gasteiger charge is 2.07. The molecule has 0 heterocycles. The number of amides is 1. The fraction of sp³-hybridized carbons (Fsp3) is 0.133. The third-order valence-electron chi connectivity index (χ3n) is 2.80. The van der Waals surface area contributed by atoms with E-state index < -0.39 is 17.5 Å². The summed E-state index contributed by atoms with van der Waals surface area (Å²) in [5, 5.41) is 2.59. The standard InChI is InChI=1S/C15H12F3NO/c16-12-4-2-11(3-5-12)15(20)19-8-7-10-1-6-13(17)9-14(10)18/h1-6,9H,7-8H2,(H,19,20). The van der Waals surface area contributed by atoms with Gasteiger partial charge in [-0.2, -0.15) is 0 Å². The Balaban J connectivity index is 1.89. The molecule has 0 aliphatic carbocycles. The molecule has 104 valence electrons. The molecule has 0 aromatic heterocycles. The van der Waals surface area contributed by atoms with E-state index in [9.17, 15) is 18.0 Å². The molecule has 0 radical (unpaired) electrons. The molecule has 1 N–H and O–H groups in total. The van der Waals surface area contributed by atoms with Gasteiger partial charge in [-0.25, -0.2) is 13.2 Å². The molecule has 2 aromatic carbocycles. The van der Waals surface area contributed by atoms with Crippen molar-refractivity contribution in [3.63, 3.8) is 0 Å². The Labute approximate surface area is 114 Å². The Morgan fingerprint density at radius 2 is 1.60 bits per heavy atom. The molecule has 2 rings (SSSR count). The number of hydrogen-bond acceptors (Lipinski definition) is 1. The summed E-state index contributed by atoms with van der Waals surface area (Å²) >= 11 is 0. The Morgan fingerprint density at radius 3 is 2.25 bits per heavy atom. The summed E-state index contributed by atoms with van der Waals surface area (Å²) in [7, 11) is 0. The number of halogens is 3. The van der Waals surface area contributed by atoms with E-state index in [4.69, 9.17) is 0 Å². The number of carbonyl (C=O) groups is 1. The minimum atomic E-state index is -0.638. The summed E-state index contributed by atoms with van der Waals surface area (Å²) < 4.78 is 38.8. The molecule has 0 saturated heterocycles. The lowest BCUT2D eigenvalue weighted by Crippen LogP contribution is -2.25. The highest BCUT2D eigenvalue weighted by molar-refractivity contribution is 5.94. The van der Waals surface area contributed by atoms with Gasteiger partial charge in [0.2, 0.25) is 0 Å². The molecular formula is C15H12F3NO. The van der Waals surface area contributed by atoms with Crippen LogP contribution < -0.4 is 5.32 Å². The number of hydrogen-bond donors (Lipinski definition) is 1. The average Bonchev–Trinajstić information content (AvgIpc) is 2.42. The molecule has 5 heteroatoms. The van der Waals surface area contributed by atoms with E-state index in [2.05, 4.69) is 5.32 Å². The first kappa shape index (κ1) is 14.1. The third-order valence-corrected chi connectivity index (χ3v) is 2.80. The lowest BCUT2D eigenvalue weighted by Gasteiger charge is -2.06. The molecule has 0 unspecified atom stereocenters.